The lowest BCUT2D eigenvalue weighted by atomic mass is 10.2. The molecule has 0 aromatic carbocycles. The number of aromatic nitrogens is 2. The van der Waals surface area contributed by atoms with Crippen molar-refractivity contribution < 1.29 is 5.11 Å². The number of aliphatic hydroxyl groups is 1. The molecular formula is C14H25N5O. The van der Waals surface area contributed by atoms with Crippen molar-refractivity contribution in [1.29, 1.82) is 0 Å². The van der Waals surface area contributed by atoms with Crippen molar-refractivity contribution in [3.05, 3.63) is 12.4 Å². The Bertz CT molecular complexity index is 423. The number of piperazine rings is 1. The van der Waals surface area contributed by atoms with E-state index in [-0.39, 0.29) is 6.10 Å². The minimum atomic E-state index is -0.385. The zero-order valence-corrected chi connectivity index (χ0v) is 12.0. The van der Waals surface area contributed by atoms with Crippen molar-refractivity contribution >= 4 is 5.69 Å². The number of anilines is 1. The van der Waals surface area contributed by atoms with E-state index in [4.69, 9.17) is 5.73 Å². The highest BCUT2D eigenvalue weighted by atomic mass is 16.3. The molecule has 112 valence electrons. The first-order valence-electron chi connectivity index (χ1n) is 7.60. The molecule has 0 radical (unpaired) electrons. The number of nitrogen functional groups attached to an aromatic ring is 1. The maximum absolute atomic E-state index is 10.1. The number of nitrogens with two attached hydrogens (primary N) is 1. The quantitative estimate of drug-likeness (QED) is 0.758. The van der Waals surface area contributed by atoms with Gasteiger partial charge in [-0.25, -0.2) is 0 Å². The maximum Gasteiger partial charge on any atom is 0.0862 e. The van der Waals surface area contributed by atoms with Crippen LogP contribution in [0.3, 0.4) is 0 Å². The third-order valence-corrected chi connectivity index (χ3v) is 4.20. The SMILES string of the molecule is Nc1cnn(CC(O)CN2CCN(CC3CC3)CC2)c1. The van der Waals surface area contributed by atoms with Gasteiger partial charge in [0.1, 0.15) is 0 Å². The van der Waals surface area contributed by atoms with E-state index in [0.29, 0.717) is 12.2 Å². The Morgan fingerprint density at radius 3 is 2.50 bits per heavy atom. The molecule has 2 fully saturated rings. The summed E-state index contributed by atoms with van der Waals surface area (Å²) in [6.45, 7) is 6.91. The van der Waals surface area contributed by atoms with Crippen LogP contribution in [0.5, 0.6) is 0 Å². The Hall–Kier alpha value is -1.11. The predicted octanol–water partition coefficient (Wildman–Crippen LogP) is -0.146. The molecule has 1 unspecified atom stereocenters. The number of hydrogen-bond acceptors (Lipinski definition) is 5. The fourth-order valence-corrected chi connectivity index (χ4v) is 2.87. The van der Waals surface area contributed by atoms with Crippen molar-refractivity contribution in [2.75, 3.05) is 45.0 Å². The molecule has 3 rings (SSSR count). The average molecular weight is 279 g/mol. The highest BCUT2D eigenvalue weighted by molar-refractivity contribution is 5.30. The number of aliphatic hydroxyl groups excluding tert-OH is 1. The van der Waals surface area contributed by atoms with Gasteiger partial charge in [-0.05, 0) is 18.8 Å². The van der Waals surface area contributed by atoms with Crippen molar-refractivity contribution in [2.24, 2.45) is 5.92 Å². The Morgan fingerprint density at radius 2 is 1.90 bits per heavy atom. The monoisotopic (exact) mass is 279 g/mol. The lowest BCUT2D eigenvalue weighted by Crippen LogP contribution is -2.49. The second kappa shape index (κ2) is 6.11. The van der Waals surface area contributed by atoms with Gasteiger partial charge in [-0.3, -0.25) is 9.58 Å². The first-order chi connectivity index (χ1) is 9.69. The molecule has 20 heavy (non-hydrogen) atoms. The fourth-order valence-electron chi connectivity index (χ4n) is 2.87. The minimum Gasteiger partial charge on any atom is -0.396 e. The summed E-state index contributed by atoms with van der Waals surface area (Å²) < 4.78 is 1.71. The molecule has 0 spiro atoms. The third kappa shape index (κ3) is 3.94. The Morgan fingerprint density at radius 1 is 1.20 bits per heavy atom. The summed E-state index contributed by atoms with van der Waals surface area (Å²) in [4.78, 5) is 4.91. The van der Waals surface area contributed by atoms with Crippen LogP contribution in [0, 0.1) is 5.92 Å². The molecule has 2 aliphatic rings. The molecule has 1 atom stereocenters. The van der Waals surface area contributed by atoms with Crippen LogP contribution in [0.15, 0.2) is 12.4 Å². The van der Waals surface area contributed by atoms with E-state index in [1.54, 1.807) is 17.1 Å². The molecule has 0 bridgehead atoms. The van der Waals surface area contributed by atoms with E-state index >= 15 is 0 Å². The van der Waals surface area contributed by atoms with Gasteiger partial charge in [0.05, 0.1) is 24.5 Å². The molecular weight excluding hydrogens is 254 g/mol. The van der Waals surface area contributed by atoms with Gasteiger partial charge in [0.2, 0.25) is 0 Å². The smallest absolute Gasteiger partial charge is 0.0862 e. The van der Waals surface area contributed by atoms with Crippen LogP contribution in [0.1, 0.15) is 12.8 Å². The Kier molecular flexibility index (Phi) is 4.24. The van der Waals surface area contributed by atoms with Crippen LogP contribution in [-0.4, -0.2) is 70.1 Å². The molecule has 1 aliphatic heterocycles. The van der Waals surface area contributed by atoms with Gasteiger partial charge in [0.25, 0.3) is 0 Å². The molecule has 1 aromatic rings. The van der Waals surface area contributed by atoms with Gasteiger partial charge in [0.15, 0.2) is 0 Å². The third-order valence-electron chi connectivity index (χ3n) is 4.20. The number of β-amino-alcohol motifs (C(OH)–C–C–N with tert-alkyl or cyclic N) is 1. The normalized spacial score (nSPS) is 23.1. The molecule has 1 saturated heterocycles. The van der Waals surface area contributed by atoms with Crippen molar-refractivity contribution in [1.82, 2.24) is 19.6 Å². The molecule has 1 aromatic heterocycles. The highest BCUT2D eigenvalue weighted by Gasteiger charge is 2.26. The van der Waals surface area contributed by atoms with E-state index in [1.807, 2.05) is 0 Å². The number of hydrogen-bond donors (Lipinski definition) is 2. The number of nitrogens with zero attached hydrogens (tertiary/aromatic N) is 4. The summed E-state index contributed by atoms with van der Waals surface area (Å²) in [6.07, 6.45) is 5.84. The van der Waals surface area contributed by atoms with Crippen molar-refractivity contribution in [3.8, 4) is 0 Å². The number of rotatable bonds is 6. The summed E-state index contributed by atoms with van der Waals surface area (Å²) in [5, 5.41) is 14.2. The standard InChI is InChI=1S/C14H25N5O/c15-13-7-16-19(9-13)11-14(20)10-18-5-3-17(4-6-18)8-12-1-2-12/h7,9,12,14,20H,1-6,8,10-11,15H2. The summed E-state index contributed by atoms with van der Waals surface area (Å²) in [6, 6.07) is 0. The van der Waals surface area contributed by atoms with Crippen LogP contribution < -0.4 is 5.73 Å². The zero-order valence-electron chi connectivity index (χ0n) is 12.0. The summed E-state index contributed by atoms with van der Waals surface area (Å²) >= 11 is 0. The van der Waals surface area contributed by atoms with Crippen LogP contribution in [0.25, 0.3) is 0 Å². The maximum atomic E-state index is 10.1. The van der Waals surface area contributed by atoms with Gasteiger partial charge in [-0.15, -0.1) is 0 Å². The Balaban J connectivity index is 1.37. The predicted molar refractivity (Wildman–Crippen MR) is 78.3 cm³/mol. The molecule has 0 amide bonds. The van der Waals surface area contributed by atoms with Crippen molar-refractivity contribution in [2.45, 2.75) is 25.5 Å². The molecule has 1 aliphatic carbocycles. The topological polar surface area (TPSA) is 70.5 Å². The molecule has 6 heteroatoms. The molecule has 3 N–H and O–H groups in total. The molecule has 1 saturated carbocycles. The molecule has 2 heterocycles. The Labute approximate surface area is 120 Å². The van der Waals surface area contributed by atoms with Crippen LogP contribution in [0.4, 0.5) is 5.69 Å². The van der Waals surface area contributed by atoms with Crippen molar-refractivity contribution in [3.63, 3.8) is 0 Å². The van der Waals surface area contributed by atoms with Gasteiger partial charge < -0.3 is 15.7 Å². The highest BCUT2D eigenvalue weighted by Crippen LogP contribution is 2.29. The second-order valence-corrected chi connectivity index (χ2v) is 6.19. The fraction of sp³-hybridized carbons (Fsp3) is 0.786. The van der Waals surface area contributed by atoms with Crippen LogP contribution >= 0.6 is 0 Å². The van der Waals surface area contributed by atoms with E-state index in [9.17, 15) is 5.11 Å². The average Bonchev–Trinajstić information content (AvgIpc) is 3.14. The minimum absolute atomic E-state index is 0.385. The molecule has 6 nitrogen and oxygen atoms in total. The van der Waals surface area contributed by atoms with Gasteiger partial charge in [-0.2, -0.15) is 5.10 Å². The van der Waals surface area contributed by atoms with E-state index in [0.717, 1.165) is 38.6 Å². The first-order valence-corrected chi connectivity index (χ1v) is 7.60. The van der Waals surface area contributed by atoms with Gasteiger partial charge >= 0.3 is 0 Å². The second-order valence-electron chi connectivity index (χ2n) is 6.19. The zero-order chi connectivity index (χ0) is 13.9. The lowest BCUT2D eigenvalue weighted by Gasteiger charge is -2.35. The van der Waals surface area contributed by atoms with E-state index in [2.05, 4.69) is 14.9 Å². The summed E-state index contributed by atoms with van der Waals surface area (Å²) in [5.74, 6) is 0.970. The van der Waals surface area contributed by atoms with E-state index in [1.165, 1.54) is 19.4 Å². The summed E-state index contributed by atoms with van der Waals surface area (Å²) in [7, 11) is 0. The summed E-state index contributed by atoms with van der Waals surface area (Å²) in [5.41, 5.74) is 6.26. The first kappa shape index (κ1) is 13.9. The van der Waals surface area contributed by atoms with Gasteiger partial charge in [-0.1, -0.05) is 0 Å². The van der Waals surface area contributed by atoms with Crippen LogP contribution in [0.2, 0.25) is 0 Å². The van der Waals surface area contributed by atoms with Gasteiger partial charge in [0, 0.05) is 45.5 Å². The van der Waals surface area contributed by atoms with E-state index < -0.39 is 0 Å². The van der Waals surface area contributed by atoms with Crippen LogP contribution in [-0.2, 0) is 6.54 Å². The lowest BCUT2D eigenvalue weighted by molar-refractivity contribution is 0.0614. The largest absolute Gasteiger partial charge is 0.396 e.